The summed E-state index contributed by atoms with van der Waals surface area (Å²) in [6.45, 7) is 0.236. The summed E-state index contributed by atoms with van der Waals surface area (Å²) in [5, 5.41) is 2.70. The van der Waals surface area contributed by atoms with Crippen molar-refractivity contribution in [2.45, 2.75) is 10.7 Å². The van der Waals surface area contributed by atoms with Gasteiger partial charge in [0.1, 0.15) is 11.4 Å². The SMILES string of the molecule is ClC(Cl)Cl.O=C(NCCC(=O)c1cnc2ncccn12)c1cc(Br)c(Br)[nH]1. The van der Waals surface area contributed by atoms with E-state index in [1.165, 1.54) is 6.20 Å². The number of nitrogens with zero attached hydrogens (tertiary/aromatic N) is 3. The molecule has 7 nitrogen and oxygen atoms in total. The number of Topliss-reactive ketones (excluding diaryl/α,β-unsaturated/α-hetero) is 1. The molecule has 3 aromatic rings. The highest BCUT2D eigenvalue weighted by atomic mass is 79.9. The number of amides is 1. The van der Waals surface area contributed by atoms with E-state index < -0.39 is 4.30 Å². The molecule has 0 unspecified atom stereocenters. The highest BCUT2D eigenvalue weighted by Gasteiger charge is 2.14. The van der Waals surface area contributed by atoms with Gasteiger partial charge < -0.3 is 10.3 Å². The van der Waals surface area contributed by atoms with Crippen LogP contribution in [-0.2, 0) is 0 Å². The van der Waals surface area contributed by atoms with Crippen LogP contribution in [-0.4, -0.2) is 41.9 Å². The number of ketones is 1. The Morgan fingerprint density at radius 1 is 1.26 bits per heavy atom. The molecule has 0 aromatic carbocycles. The molecule has 0 aliphatic rings. The third kappa shape index (κ3) is 6.46. The lowest BCUT2D eigenvalue weighted by atomic mass is 10.2. The molecule has 0 atom stereocenters. The Balaban J connectivity index is 0.000000596. The largest absolute Gasteiger partial charge is 0.350 e. The molecule has 0 radical (unpaired) electrons. The molecule has 0 bridgehead atoms. The van der Waals surface area contributed by atoms with Gasteiger partial charge >= 0.3 is 0 Å². The molecule has 0 saturated heterocycles. The standard InChI is InChI=1S/C14H11Br2N5O2.CHCl3/c15-8-6-9(20-12(8)16)13(23)17-4-2-11(22)10-7-19-14-18-3-1-5-21(10)14;2-1(3)4/h1,3,5-7,20H,2,4H2,(H,17,23);1H. The zero-order valence-electron chi connectivity index (χ0n) is 13.4. The Bertz CT molecular complexity index is 922. The van der Waals surface area contributed by atoms with Crippen LogP contribution in [0.4, 0.5) is 0 Å². The van der Waals surface area contributed by atoms with E-state index in [9.17, 15) is 9.59 Å². The zero-order valence-corrected chi connectivity index (χ0v) is 18.9. The number of halogens is 5. The van der Waals surface area contributed by atoms with Gasteiger partial charge in [0, 0.05) is 25.4 Å². The van der Waals surface area contributed by atoms with E-state index in [-0.39, 0.29) is 24.7 Å². The normalized spacial score (nSPS) is 10.6. The first-order valence-corrected chi connectivity index (χ1v) is 10.2. The third-order valence-electron chi connectivity index (χ3n) is 3.18. The monoisotopic (exact) mass is 557 g/mol. The molecule has 0 fully saturated rings. The number of rotatable bonds is 5. The summed E-state index contributed by atoms with van der Waals surface area (Å²) < 4.78 is 2.33. The first-order valence-electron chi connectivity index (χ1n) is 7.35. The molecule has 2 N–H and O–H groups in total. The van der Waals surface area contributed by atoms with Gasteiger partial charge in [0.05, 0.1) is 15.3 Å². The Kier molecular flexibility index (Phi) is 8.56. The summed E-state index contributed by atoms with van der Waals surface area (Å²) in [4.78, 5) is 35.2. The van der Waals surface area contributed by atoms with Gasteiger partial charge in [-0.3, -0.25) is 14.0 Å². The lowest BCUT2D eigenvalue weighted by Gasteiger charge is -2.03. The number of imidazole rings is 1. The fraction of sp³-hybridized carbons (Fsp3) is 0.200. The summed E-state index contributed by atoms with van der Waals surface area (Å²) in [6.07, 6.45) is 5.02. The number of aromatic amines is 1. The van der Waals surface area contributed by atoms with Gasteiger partial charge in [-0.15, -0.1) is 0 Å². The van der Waals surface area contributed by atoms with Crippen LogP contribution < -0.4 is 5.32 Å². The number of hydrogen-bond acceptors (Lipinski definition) is 4. The number of fused-ring (bicyclic) bond motifs is 1. The van der Waals surface area contributed by atoms with Crippen molar-refractivity contribution in [1.29, 1.82) is 0 Å². The number of carbonyl (C=O) groups excluding carboxylic acids is 2. The molecule has 0 aliphatic carbocycles. The molecule has 144 valence electrons. The van der Waals surface area contributed by atoms with E-state index in [4.69, 9.17) is 34.8 Å². The van der Waals surface area contributed by atoms with Crippen molar-refractivity contribution in [3.05, 3.63) is 51.2 Å². The van der Waals surface area contributed by atoms with Gasteiger partial charge in [0.15, 0.2) is 10.1 Å². The van der Waals surface area contributed by atoms with E-state index in [2.05, 4.69) is 52.1 Å². The molecule has 3 heterocycles. The van der Waals surface area contributed by atoms with Crippen molar-refractivity contribution >= 4 is 84.1 Å². The average Bonchev–Trinajstić information content (AvgIpc) is 3.18. The fourth-order valence-corrected chi connectivity index (χ4v) is 2.73. The van der Waals surface area contributed by atoms with E-state index in [0.29, 0.717) is 21.8 Å². The molecular weight excluding hydrogens is 548 g/mol. The lowest BCUT2D eigenvalue weighted by molar-refractivity contribution is 0.0935. The number of alkyl halides is 3. The predicted molar refractivity (Wildman–Crippen MR) is 112 cm³/mol. The summed E-state index contributed by atoms with van der Waals surface area (Å²) >= 11 is 21.0. The van der Waals surface area contributed by atoms with E-state index in [0.717, 1.165) is 4.47 Å². The van der Waals surface area contributed by atoms with Crippen LogP contribution in [0.15, 0.2) is 39.8 Å². The van der Waals surface area contributed by atoms with Gasteiger partial charge in [-0.25, -0.2) is 9.97 Å². The molecule has 0 saturated carbocycles. The maximum Gasteiger partial charge on any atom is 0.267 e. The second kappa shape index (κ2) is 10.4. The Hall–Kier alpha value is -1.13. The Morgan fingerprint density at radius 3 is 2.59 bits per heavy atom. The predicted octanol–water partition coefficient (Wildman–Crippen LogP) is 4.57. The Labute approximate surface area is 186 Å². The average molecular weight is 560 g/mol. The number of carbonyl (C=O) groups is 2. The maximum atomic E-state index is 12.2. The van der Waals surface area contributed by atoms with Crippen LogP contribution in [0, 0.1) is 0 Å². The van der Waals surface area contributed by atoms with Crippen molar-refractivity contribution < 1.29 is 9.59 Å². The summed E-state index contributed by atoms with van der Waals surface area (Å²) in [6, 6.07) is 3.39. The molecule has 1 amide bonds. The van der Waals surface area contributed by atoms with Gasteiger partial charge in [-0.2, -0.15) is 0 Å². The van der Waals surface area contributed by atoms with Crippen LogP contribution >= 0.6 is 66.7 Å². The summed E-state index contributed by atoms with van der Waals surface area (Å²) in [5.74, 6) is 0.0876. The second-order valence-electron chi connectivity index (χ2n) is 4.95. The molecule has 27 heavy (non-hydrogen) atoms. The minimum atomic E-state index is -0.750. The smallest absolute Gasteiger partial charge is 0.267 e. The summed E-state index contributed by atoms with van der Waals surface area (Å²) in [5.41, 5.74) is 0.864. The highest BCUT2D eigenvalue weighted by Crippen LogP contribution is 2.22. The Morgan fingerprint density at radius 2 is 1.96 bits per heavy atom. The molecule has 3 aromatic heterocycles. The van der Waals surface area contributed by atoms with Gasteiger partial charge in [0.25, 0.3) is 5.91 Å². The van der Waals surface area contributed by atoms with Crippen LogP contribution in [0.25, 0.3) is 5.78 Å². The van der Waals surface area contributed by atoms with Gasteiger partial charge in [-0.1, -0.05) is 34.8 Å². The molecular formula is C15H12Br2Cl3N5O2. The van der Waals surface area contributed by atoms with Crippen LogP contribution in [0.3, 0.4) is 0 Å². The minimum Gasteiger partial charge on any atom is -0.350 e. The van der Waals surface area contributed by atoms with Crippen LogP contribution in [0.5, 0.6) is 0 Å². The fourth-order valence-electron chi connectivity index (χ4n) is 2.07. The van der Waals surface area contributed by atoms with E-state index >= 15 is 0 Å². The maximum absolute atomic E-state index is 12.2. The lowest BCUT2D eigenvalue weighted by Crippen LogP contribution is -2.26. The summed E-state index contributed by atoms with van der Waals surface area (Å²) in [7, 11) is 0. The van der Waals surface area contributed by atoms with Gasteiger partial charge in [0.2, 0.25) is 5.78 Å². The first kappa shape index (κ1) is 22.2. The molecule has 12 heteroatoms. The zero-order chi connectivity index (χ0) is 20.0. The van der Waals surface area contributed by atoms with Crippen molar-refractivity contribution in [2.24, 2.45) is 0 Å². The van der Waals surface area contributed by atoms with Gasteiger partial charge in [-0.05, 0) is 44.0 Å². The topological polar surface area (TPSA) is 92.2 Å². The number of hydrogen-bond donors (Lipinski definition) is 2. The third-order valence-corrected chi connectivity index (χ3v) is 4.96. The quantitative estimate of drug-likeness (QED) is 0.353. The highest BCUT2D eigenvalue weighted by molar-refractivity contribution is 9.13. The molecule has 3 rings (SSSR count). The van der Waals surface area contributed by atoms with E-state index in [1.54, 1.807) is 28.9 Å². The number of H-pyrrole nitrogens is 1. The molecule has 0 spiro atoms. The van der Waals surface area contributed by atoms with Crippen molar-refractivity contribution in [3.8, 4) is 0 Å². The van der Waals surface area contributed by atoms with Crippen LogP contribution in [0.1, 0.15) is 27.4 Å². The van der Waals surface area contributed by atoms with Crippen molar-refractivity contribution in [1.82, 2.24) is 24.7 Å². The first-order chi connectivity index (χ1) is 12.8. The minimum absolute atomic E-state index is 0.111. The number of aromatic nitrogens is 4. The second-order valence-corrected chi connectivity index (χ2v) is 8.58. The number of nitrogens with one attached hydrogen (secondary N) is 2. The van der Waals surface area contributed by atoms with Crippen LogP contribution in [0.2, 0.25) is 0 Å². The van der Waals surface area contributed by atoms with Crippen molar-refractivity contribution in [2.75, 3.05) is 6.54 Å². The molecule has 0 aliphatic heterocycles. The van der Waals surface area contributed by atoms with E-state index in [1.807, 2.05) is 0 Å². The van der Waals surface area contributed by atoms with Crippen molar-refractivity contribution in [3.63, 3.8) is 0 Å².